The number of sulfonamides is 1. The third kappa shape index (κ3) is 5.30. The maximum absolute atomic E-state index is 12.8. The highest BCUT2D eigenvalue weighted by Gasteiger charge is 2.46. The van der Waals surface area contributed by atoms with E-state index in [2.05, 4.69) is 4.72 Å². The second kappa shape index (κ2) is 9.32. The number of aliphatic carboxylic acids is 1. The molecule has 2 N–H and O–H groups in total. The van der Waals surface area contributed by atoms with Crippen molar-refractivity contribution in [2.45, 2.75) is 36.5 Å². The van der Waals surface area contributed by atoms with Crippen LogP contribution < -0.4 is 9.46 Å². The molecule has 10 heteroatoms. The van der Waals surface area contributed by atoms with Gasteiger partial charge in [-0.05, 0) is 61.9 Å². The Morgan fingerprint density at radius 1 is 1.20 bits per heavy atom. The van der Waals surface area contributed by atoms with Gasteiger partial charge in [-0.2, -0.15) is 4.72 Å². The summed E-state index contributed by atoms with van der Waals surface area (Å²) in [4.78, 5) is 11.8. The molecule has 0 saturated carbocycles. The molecule has 1 aliphatic rings. The second-order valence-electron chi connectivity index (χ2n) is 6.75. The average molecular weight is 456 g/mol. The van der Waals surface area contributed by atoms with Crippen LogP contribution >= 0.6 is 11.6 Å². The van der Waals surface area contributed by atoms with Gasteiger partial charge in [-0.1, -0.05) is 11.6 Å². The Morgan fingerprint density at radius 3 is 2.30 bits per heavy atom. The number of halogens is 1. The van der Waals surface area contributed by atoms with Crippen LogP contribution in [0.15, 0.2) is 53.4 Å². The third-order valence-electron chi connectivity index (χ3n) is 4.60. The Labute approximate surface area is 179 Å². The van der Waals surface area contributed by atoms with Gasteiger partial charge in [0.15, 0.2) is 11.8 Å². The maximum atomic E-state index is 12.8. The summed E-state index contributed by atoms with van der Waals surface area (Å²) >= 11 is 5.84. The predicted octanol–water partition coefficient (Wildman–Crippen LogP) is 3.41. The summed E-state index contributed by atoms with van der Waals surface area (Å²) in [6.45, 7) is 1.89. The normalized spacial score (nSPS) is 21.9. The van der Waals surface area contributed by atoms with Crippen LogP contribution in [0.5, 0.6) is 11.5 Å². The van der Waals surface area contributed by atoms with E-state index in [4.69, 9.17) is 25.8 Å². The summed E-state index contributed by atoms with van der Waals surface area (Å²) in [5, 5.41) is 10.2. The van der Waals surface area contributed by atoms with E-state index in [1.165, 1.54) is 24.3 Å². The highest BCUT2D eigenvalue weighted by molar-refractivity contribution is 7.89. The van der Waals surface area contributed by atoms with Gasteiger partial charge in [0.2, 0.25) is 10.0 Å². The Hall–Kier alpha value is -2.17. The standard InChI is InChI=1S/C20H22ClNO7S/c1-2-27-18-11-12-20(13-28-18,19(23)24)22-30(25,26)17-9-7-16(8-10-17)29-15-5-3-14(21)4-6-15/h3-10,18,22H,2,11-13H2,1H3,(H,23,24). The molecule has 0 amide bonds. The maximum Gasteiger partial charge on any atom is 0.327 e. The number of carboxylic acid groups (broad SMARTS) is 1. The number of rotatable bonds is 8. The van der Waals surface area contributed by atoms with E-state index in [0.717, 1.165) is 0 Å². The summed E-state index contributed by atoms with van der Waals surface area (Å²) in [5.74, 6) is -0.338. The van der Waals surface area contributed by atoms with Crippen molar-refractivity contribution in [3.8, 4) is 11.5 Å². The monoisotopic (exact) mass is 455 g/mol. The number of hydrogen-bond acceptors (Lipinski definition) is 6. The zero-order chi connectivity index (χ0) is 21.8. The lowest BCUT2D eigenvalue weighted by molar-refractivity contribution is -0.189. The molecule has 2 aromatic carbocycles. The zero-order valence-corrected chi connectivity index (χ0v) is 17.8. The van der Waals surface area contributed by atoms with E-state index in [1.807, 2.05) is 0 Å². The molecule has 0 spiro atoms. The minimum absolute atomic E-state index is 0.0456. The number of hydrogen-bond donors (Lipinski definition) is 2. The van der Waals surface area contributed by atoms with Crippen LogP contribution in [0.4, 0.5) is 0 Å². The van der Waals surface area contributed by atoms with Crippen molar-refractivity contribution in [1.29, 1.82) is 0 Å². The summed E-state index contributed by atoms with van der Waals surface area (Å²) in [6, 6.07) is 12.4. The van der Waals surface area contributed by atoms with Gasteiger partial charge in [0, 0.05) is 18.1 Å². The molecule has 30 heavy (non-hydrogen) atoms. The number of ether oxygens (including phenoxy) is 3. The second-order valence-corrected chi connectivity index (χ2v) is 8.87. The first-order chi connectivity index (χ1) is 14.2. The Morgan fingerprint density at radius 2 is 1.80 bits per heavy atom. The van der Waals surface area contributed by atoms with Crippen molar-refractivity contribution >= 4 is 27.6 Å². The molecule has 1 heterocycles. The molecule has 1 aliphatic heterocycles. The summed E-state index contributed by atoms with van der Waals surface area (Å²) < 4.78 is 44.3. The fourth-order valence-corrected chi connectivity index (χ4v) is 4.51. The van der Waals surface area contributed by atoms with Gasteiger partial charge in [0.25, 0.3) is 0 Å². The topological polar surface area (TPSA) is 111 Å². The van der Waals surface area contributed by atoms with Crippen LogP contribution in [0.3, 0.4) is 0 Å². The summed E-state index contributed by atoms with van der Waals surface area (Å²) in [5.41, 5.74) is -1.76. The largest absolute Gasteiger partial charge is 0.480 e. The Kier molecular flexibility index (Phi) is 6.99. The average Bonchev–Trinajstić information content (AvgIpc) is 2.71. The zero-order valence-electron chi connectivity index (χ0n) is 16.2. The van der Waals surface area contributed by atoms with E-state index < -0.39 is 27.8 Å². The van der Waals surface area contributed by atoms with Crippen molar-refractivity contribution in [2.24, 2.45) is 0 Å². The highest BCUT2D eigenvalue weighted by atomic mass is 35.5. The van der Waals surface area contributed by atoms with Crippen LogP contribution in [0.2, 0.25) is 5.02 Å². The smallest absolute Gasteiger partial charge is 0.327 e. The minimum Gasteiger partial charge on any atom is -0.480 e. The highest BCUT2D eigenvalue weighted by Crippen LogP contribution is 2.28. The van der Waals surface area contributed by atoms with Crippen LogP contribution in [0.25, 0.3) is 0 Å². The van der Waals surface area contributed by atoms with Gasteiger partial charge in [-0.3, -0.25) is 4.79 Å². The number of carbonyl (C=O) groups is 1. The molecule has 2 unspecified atom stereocenters. The van der Waals surface area contributed by atoms with Crippen molar-refractivity contribution in [1.82, 2.24) is 4.72 Å². The van der Waals surface area contributed by atoms with Gasteiger partial charge in [-0.15, -0.1) is 0 Å². The van der Waals surface area contributed by atoms with Crippen LogP contribution in [-0.2, 0) is 24.3 Å². The van der Waals surface area contributed by atoms with Crippen LogP contribution in [-0.4, -0.2) is 44.5 Å². The van der Waals surface area contributed by atoms with Crippen LogP contribution in [0, 0.1) is 0 Å². The molecule has 1 fully saturated rings. The molecule has 0 aliphatic carbocycles. The van der Waals surface area contributed by atoms with E-state index >= 15 is 0 Å². The first-order valence-electron chi connectivity index (χ1n) is 9.28. The summed E-state index contributed by atoms with van der Waals surface area (Å²) in [6.07, 6.45) is -0.239. The molecule has 8 nitrogen and oxygen atoms in total. The van der Waals surface area contributed by atoms with Crippen molar-refractivity contribution in [2.75, 3.05) is 13.2 Å². The van der Waals surface area contributed by atoms with E-state index in [9.17, 15) is 18.3 Å². The molecule has 0 aromatic heterocycles. The lowest BCUT2D eigenvalue weighted by Gasteiger charge is -2.36. The minimum atomic E-state index is -4.11. The molecule has 3 rings (SSSR count). The van der Waals surface area contributed by atoms with Gasteiger partial charge in [-0.25, -0.2) is 8.42 Å². The third-order valence-corrected chi connectivity index (χ3v) is 6.40. The number of nitrogens with one attached hydrogen (secondary N) is 1. The molecule has 1 saturated heterocycles. The molecule has 2 atom stereocenters. The van der Waals surface area contributed by atoms with Crippen LogP contribution in [0.1, 0.15) is 19.8 Å². The Bertz CT molecular complexity index is 969. The molecular weight excluding hydrogens is 434 g/mol. The number of benzene rings is 2. The number of carboxylic acids is 1. The van der Waals surface area contributed by atoms with Crippen molar-refractivity contribution < 1.29 is 32.5 Å². The van der Waals surface area contributed by atoms with E-state index in [-0.39, 0.29) is 24.3 Å². The molecule has 0 radical (unpaired) electrons. The molecule has 0 bridgehead atoms. The van der Waals surface area contributed by atoms with Crippen molar-refractivity contribution in [3.05, 3.63) is 53.6 Å². The van der Waals surface area contributed by atoms with E-state index in [0.29, 0.717) is 23.1 Å². The fourth-order valence-electron chi connectivity index (χ4n) is 3.01. The molecule has 2 aromatic rings. The fraction of sp³-hybridized carbons (Fsp3) is 0.350. The lowest BCUT2D eigenvalue weighted by atomic mass is 9.93. The lowest BCUT2D eigenvalue weighted by Crippen LogP contribution is -2.60. The van der Waals surface area contributed by atoms with Crippen molar-refractivity contribution in [3.63, 3.8) is 0 Å². The van der Waals surface area contributed by atoms with Gasteiger partial charge in [0.1, 0.15) is 11.5 Å². The van der Waals surface area contributed by atoms with E-state index in [1.54, 1.807) is 31.2 Å². The summed E-state index contributed by atoms with van der Waals surface area (Å²) in [7, 11) is -4.11. The molecular formula is C20H22ClNO7S. The predicted molar refractivity (Wildman–Crippen MR) is 109 cm³/mol. The SMILES string of the molecule is CCOC1CCC(NS(=O)(=O)c2ccc(Oc3ccc(Cl)cc3)cc2)(C(=O)O)CO1. The Balaban J connectivity index is 1.72. The molecule has 162 valence electrons. The van der Waals surface area contributed by atoms with Gasteiger partial charge < -0.3 is 19.3 Å². The first kappa shape index (κ1) is 22.5. The quantitative estimate of drug-likeness (QED) is 0.627. The first-order valence-corrected chi connectivity index (χ1v) is 11.1. The van der Waals surface area contributed by atoms with Gasteiger partial charge >= 0.3 is 5.97 Å². The van der Waals surface area contributed by atoms with Gasteiger partial charge in [0.05, 0.1) is 11.5 Å².